The minimum absolute atomic E-state index is 0.274. The van der Waals surface area contributed by atoms with Gasteiger partial charge in [-0.2, -0.15) is 0 Å². The first kappa shape index (κ1) is 14.9. The number of hydrogen-bond donors (Lipinski definition) is 0. The van der Waals surface area contributed by atoms with Crippen molar-refractivity contribution in [3.63, 3.8) is 0 Å². The summed E-state index contributed by atoms with van der Waals surface area (Å²) in [6, 6.07) is 14.3. The van der Waals surface area contributed by atoms with E-state index in [4.69, 9.17) is 0 Å². The lowest BCUT2D eigenvalue weighted by atomic mass is 10.1. The molecule has 0 aliphatic carbocycles. The third-order valence-electron chi connectivity index (χ3n) is 3.37. The zero-order chi connectivity index (χ0) is 14.2. The molecular weight excluding hydrogens is 266 g/mol. The molecular formula is C17H21NOS. The minimum atomic E-state index is 0.274. The van der Waals surface area contributed by atoms with Crippen molar-refractivity contribution in [2.75, 3.05) is 13.1 Å². The number of ketones is 1. The zero-order valence-corrected chi connectivity index (χ0v) is 12.7. The van der Waals surface area contributed by atoms with Gasteiger partial charge in [0.15, 0.2) is 5.78 Å². The molecule has 2 aromatic rings. The second kappa shape index (κ2) is 7.98. The Labute approximate surface area is 125 Å². The predicted octanol–water partition coefficient (Wildman–Crippen LogP) is 4.23. The Hall–Kier alpha value is -1.45. The Morgan fingerprint density at radius 3 is 2.60 bits per heavy atom. The van der Waals surface area contributed by atoms with Crippen molar-refractivity contribution in [3.05, 3.63) is 58.3 Å². The Morgan fingerprint density at radius 2 is 1.95 bits per heavy atom. The lowest BCUT2D eigenvalue weighted by Crippen LogP contribution is -2.24. The number of thiophene rings is 1. The molecule has 1 aromatic carbocycles. The number of carbonyl (C=O) groups excluding carboxylic acids is 1. The smallest absolute Gasteiger partial charge is 0.172 e. The van der Waals surface area contributed by atoms with Crippen molar-refractivity contribution < 1.29 is 4.79 Å². The number of benzene rings is 1. The number of carbonyl (C=O) groups is 1. The average molecular weight is 287 g/mol. The van der Waals surface area contributed by atoms with Gasteiger partial charge >= 0.3 is 0 Å². The lowest BCUT2D eigenvalue weighted by molar-refractivity contribution is 0.0978. The number of rotatable bonds is 8. The molecule has 1 aromatic heterocycles. The average Bonchev–Trinajstić information content (AvgIpc) is 3.01. The van der Waals surface area contributed by atoms with Crippen LogP contribution in [0.1, 0.15) is 35.0 Å². The van der Waals surface area contributed by atoms with Crippen LogP contribution in [0.25, 0.3) is 0 Å². The van der Waals surface area contributed by atoms with Crippen molar-refractivity contribution >= 4 is 17.1 Å². The van der Waals surface area contributed by atoms with Crippen molar-refractivity contribution in [2.45, 2.75) is 26.3 Å². The first-order valence-electron chi connectivity index (χ1n) is 7.12. The molecule has 106 valence electrons. The Bertz CT molecular complexity index is 507. The van der Waals surface area contributed by atoms with Gasteiger partial charge in [-0.05, 0) is 36.5 Å². The summed E-state index contributed by atoms with van der Waals surface area (Å²) in [5.74, 6) is 0.274. The van der Waals surface area contributed by atoms with Crippen molar-refractivity contribution in [1.29, 1.82) is 0 Å². The highest BCUT2D eigenvalue weighted by Crippen LogP contribution is 2.13. The van der Waals surface area contributed by atoms with Crippen LogP contribution in [0.2, 0.25) is 0 Å². The van der Waals surface area contributed by atoms with Crippen LogP contribution in [-0.2, 0) is 6.54 Å². The van der Waals surface area contributed by atoms with Gasteiger partial charge in [0.1, 0.15) is 0 Å². The first-order chi connectivity index (χ1) is 9.79. The molecule has 0 spiro atoms. The molecule has 0 aliphatic heterocycles. The van der Waals surface area contributed by atoms with Crippen LogP contribution in [0, 0.1) is 0 Å². The maximum Gasteiger partial charge on any atom is 0.172 e. The molecule has 2 rings (SSSR count). The monoisotopic (exact) mass is 287 g/mol. The highest BCUT2D eigenvalue weighted by atomic mass is 32.1. The predicted molar refractivity (Wildman–Crippen MR) is 85.3 cm³/mol. The van der Waals surface area contributed by atoms with Gasteiger partial charge in [-0.1, -0.05) is 43.3 Å². The molecule has 3 heteroatoms. The van der Waals surface area contributed by atoms with E-state index in [-0.39, 0.29) is 5.78 Å². The van der Waals surface area contributed by atoms with Gasteiger partial charge < -0.3 is 0 Å². The fraction of sp³-hybridized carbons (Fsp3) is 0.353. The summed E-state index contributed by atoms with van der Waals surface area (Å²) in [5.41, 5.74) is 1.33. The summed E-state index contributed by atoms with van der Waals surface area (Å²) < 4.78 is 0. The maximum atomic E-state index is 11.9. The van der Waals surface area contributed by atoms with Gasteiger partial charge in [0.05, 0.1) is 4.88 Å². The van der Waals surface area contributed by atoms with E-state index in [0.29, 0.717) is 6.42 Å². The van der Waals surface area contributed by atoms with Gasteiger partial charge in [-0.3, -0.25) is 9.69 Å². The summed E-state index contributed by atoms with van der Waals surface area (Å²) in [6.07, 6.45) is 1.57. The molecule has 0 N–H and O–H groups in total. The van der Waals surface area contributed by atoms with E-state index >= 15 is 0 Å². The van der Waals surface area contributed by atoms with Gasteiger partial charge in [0.2, 0.25) is 0 Å². The fourth-order valence-electron chi connectivity index (χ4n) is 2.21. The SMILES string of the molecule is CCN(CCCC(=O)c1cccs1)Cc1ccccc1. The molecule has 0 aliphatic rings. The van der Waals surface area contributed by atoms with E-state index < -0.39 is 0 Å². The van der Waals surface area contributed by atoms with E-state index in [0.717, 1.165) is 30.9 Å². The molecule has 0 saturated heterocycles. The van der Waals surface area contributed by atoms with Gasteiger partial charge in [-0.15, -0.1) is 11.3 Å². The van der Waals surface area contributed by atoms with E-state index in [9.17, 15) is 4.79 Å². The quantitative estimate of drug-likeness (QED) is 0.677. The van der Waals surface area contributed by atoms with Crippen LogP contribution in [0.4, 0.5) is 0 Å². The van der Waals surface area contributed by atoms with Crippen molar-refractivity contribution in [1.82, 2.24) is 4.90 Å². The van der Waals surface area contributed by atoms with Crippen molar-refractivity contribution in [3.8, 4) is 0 Å². The normalized spacial score (nSPS) is 10.9. The summed E-state index contributed by atoms with van der Waals surface area (Å²) >= 11 is 1.54. The molecule has 0 atom stereocenters. The van der Waals surface area contributed by atoms with Crippen LogP contribution < -0.4 is 0 Å². The van der Waals surface area contributed by atoms with Crippen LogP contribution in [0.15, 0.2) is 47.8 Å². The Morgan fingerprint density at radius 1 is 1.15 bits per heavy atom. The van der Waals surface area contributed by atoms with Gasteiger partial charge in [0.25, 0.3) is 0 Å². The minimum Gasteiger partial charge on any atom is -0.299 e. The molecule has 2 nitrogen and oxygen atoms in total. The first-order valence-corrected chi connectivity index (χ1v) is 8.00. The molecule has 0 radical (unpaired) electrons. The molecule has 20 heavy (non-hydrogen) atoms. The van der Waals surface area contributed by atoms with Crippen LogP contribution in [0.5, 0.6) is 0 Å². The summed E-state index contributed by atoms with van der Waals surface area (Å²) in [7, 11) is 0. The molecule has 0 saturated carbocycles. The van der Waals surface area contributed by atoms with Crippen LogP contribution in [-0.4, -0.2) is 23.8 Å². The van der Waals surface area contributed by atoms with E-state index in [1.54, 1.807) is 0 Å². The van der Waals surface area contributed by atoms with Gasteiger partial charge in [0, 0.05) is 13.0 Å². The number of hydrogen-bond acceptors (Lipinski definition) is 3. The third-order valence-corrected chi connectivity index (χ3v) is 4.28. The molecule has 0 bridgehead atoms. The second-order valence-electron chi connectivity index (χ2n) is 4.86. The van der Waals surface area contributed by atoms with E-state index in [2.05, 4.69) is 36.1 Å². The number of Topliss-reactive ketones (excluding diaryl/α,β-unsaturated/α-hetero) is 1. The van der Waals surface area contributed by atoms with Gasteiger partial charge in [-0.25, -0.2) is 0 Å². The summed E-state index contributed by atoms with van der Waals surface area (Å²) in [4.78, 5) is 15.2. The zero-order valence-electron chi connectivity index (χ0n) is 11.9. The lowest BCUT2D eigenvalue weighted by Gasteiger charge is -2.20. The van der Waals surface area contributed by atoms with E-state index in [1.807, 2.05) is 23.6 Å². The highest BCUT2D eigenvalue weighted by Gasteiger charge is 2.08. The standard InChI is InChI=1S/C17H21NOS/c1-2-18(14-15-8-4-3-5-9-15)12-6-10-16(19)17-11-7-13-20-17/h3-5,7-9,11,13H,2,6,10,12,14H2,1H3. The largest absolute Gasteiger partial charge is 0.299 e. The maximum absolute atomic E-state index is 11.9. The molecule has 0 fully saturated rings. The summed E-state index contributed by atoms with van der Waals surface area (Å²) in [5, 5.41) is 1.96. The molecule has 1 heterocycles. The Balaban J connectivity index is 1.75. The van der Waals surface area contributed by atoms with Crippen molar-refractivity contribution in [2.24, 2.45) is 0 Å². The van der Waals surface area contributed by atoms with Crippen LogP contribution >= 0.6 is 11.3 Å². The fourth-order valence-corrected chi connectivity index (χ4v) is 2.91. The van der Waals surface area contributed by atoms with E-state index in [1.165, 1.54) is 16.9 Å². The topological polar surface area (TPSA) is 20.3 Å². The third kappa shape index (κ3) is 4.58. The Kier molecular flexibility index (Phi) is 5.96. The molecule has 0 unspecified atom stereocenters. The summed E-state index contributed by atoms with van der Waals surface area (Å²) in [6.45, 7) is 5.12. The second-order valence-corrected chi connectivity index (χ2v) is 5.81. The number of nitrogens with zero attached hydrogens (tertiary/aromatic N) is 1. The molecule has 0 amide bonds. The highest BCUT2D eigenvalue weighted by molar-refractivity contribution is 7.12. The van der Waals surface area contributed by atoms with Crippen LogP contribution in [0.3, 0.4) is 0 Å².